The average Bonchev–Trinajstić information content (AvgIpc) is 2.89. The molecule has 128 valence electrons. The Hall–Kier alpha value is -2.86. The van der Waals surface area contributed by atoms with Gasteiger partial charge in [0.1, 0.15) is 11.4 Å². The third kappa shape index (κ3) is 3.34. The van der Waals surface area contributed by atoms with Gasteiger partial charge in [0.05, 0.1) is 12.8 Å². The minimum absolute atomic E-state index is 0.203. The van der Waals surface area contributed by atoms with Gasteiger partial charge in [-0.3, -0.25) is 4.79 Å². The van der Waals surface area contributed by atoms with Gasteiger partial charge in [0, 0.05) is 19.8 Å². The second kappa shape index (κ2) is 6.94. The molecule has 6 heteroatoms. The van der Waals surface area contributed by atoms with Crippen LogP contribution in [0.15, 0.2) is 54.2 Å². The maximum absolute atomic E-state index is 12.8. The third-order valence-corrected chi connectivity index (χ3v) is 4.21. The van der Waals surface area contributed by atoms with Crippen LogP contribution >= 0.6 is 12.2 Å². The molecule has 25 heavy (non-hydrogen) atoms. The van der Waals surface area contributed by atoms with Crippen LogP contribution in [-0.2, 0) is 4.79 Å². The second-order valence-corrected chi connectivity index (χ2v) is 6.17. The molecule has 1 fully saturated rings. The molecule has 0 bridgehead atoms. The van der Waals surface area contributed by atoms with Gasteiger partial charge in [-0.2, -0.15) is 0 Å². The second-order valence-electron chi connectivity index (χ2n) is 5.79. The van der Waals surface area contributed by atoms with Gasteiger partial charge in [-0.1, -0.05) is 24.3 Å². The Morgan fingerprint density at radius 1 is 1.12 bits per heavy atom. The number of methoxy groups -OCH3 is 1. The molecule has 0 aromatic heterocycles. The first-order chi connectivity index (χ1) is 12.0. The molecule has 1 aliphatic heterocycles. The minimum atomic E-state index is -0.203. The number of nitrogens with zero attached hydrogens (tertiary/aromatic N) is 2. The average molecular weight is 353 g/mol. The van der Waals surface area contributed by atoms with Crippen molar-refractivity contribution in [3.8, 4) is 5.75 Å². The number of hydrogen-bond donors (Lipinski definition) is 1. The fraction of sp³-hybridized carbons (Fsp3) is 0.158. The highest BCUT2D eigenvalue weighted by Gasteiger charge is 2.33. The molecular weight excluding hydrogens is 334 g/mol. The van der Waals surface area contributed by atoms with E-state index in [-0.39, 0.29) is 5.91 Å². The Morgan fingerprint density at radius 2 is 1.80 bits per heavy atom. The number of thiocarbonyl (C=S) groups is 1. The van der Waals surface area contributed by atoms with Crippen LogP contribution in [0, 0.1) is 0 Å². The van der Waals surface area contributed by atoms with Crippen LogP contribution in [0.5, 0.6) is 5.75 Å². The molecule has 1 amide bonds. The van der Waals surface area contributed by atoms with Crippen molar-refractivity contribution in [3.63, 3.8) is 0 Å². The van der Waals surface area contributed by atoms with Crippen molar-refractivity contribution in [1.82, 2.24) is 5.32 Å². The Kier molecular flexibility index (Phi) is 4.72. The standard InChI is InChI=1S/C19H19N3O2S/c1-21(2)14-10-8-13(9-11-14)12-15-18(23)22(19(25)20-15)16-6-4-5-7-17(16)24-3/h4-12H,1-3H3,(H,20,25)/b15-12+. The normalized spacial score (nSPS) is 15.5. The summed E-state index contributed by atoms with van der Waals surface area (Å²) in [5.74, 6) is 0.391. The number of para-hydroxylation sites is 2. The largest absolute Gasteiger partial charge is 0.495 e. The lowest BCUT2D eigenvalue weighted by Crippen LogP contribution is -2.30. The first kappa shape index (κ1) is 17.0. The highest BCUT2D eigenvalue weighted by Crippen LogP contribution is 2.31. The van der Waals surface area contributed by atoms with Crippen LogP contribution < -0.4 is 19.9 Å². The smallest absolute Gasteiger partial charge is 0.281 e. The minimum Gasteiger partial charge on any atom is -0.495 e. The summed E-state index contributed by atoms with van der Waals surface area (Å²) in [6.07, 6.45) is 1.80. The van der Waals surface area contributed by atoms with Crippen molar-refractivity contribution in [2.75, 3.05) is 31.0 Å². The van der Waals surface area contributed by atoms with Crippen LogP contribution in [-0.4, -0.2) is 32.2 Å². The summed E-state index contributed by atoms with van der Waals surface area (Å²) in [4.78, 5) is 16.3. The topological polar surface area (TPSA) is 44.8 Å². The summed E-state index contributed by atoms with van der Waals surface area (Å²) in [5, 5.41) is 3.33. The van der Waals surface area contributed by atoms with Gasteiger partial charge in [-0.25, -0.2) is 4.90 Å². The number of nitrogens with one attached hydrogen (secondary N) is 1. The number of benzene rings is 2. The van der Waals surface area contributed by atoms with Crippen LogP contribution in [0.2, 0.25) is 0 Å². The van der Waals surface area contributed by atoms with Gasteiger partial charge in [0.2, 0.25) is 0 Å². The van der Waals surface area contributed by atoms with Gasteiger partial charge >= 0.3 is 0 Å². The molecule has 5 nitrogen and oxygen atoms in total. The first-order valence-electron chi connectivity index (χ1n) is 7.79. The quantitative estimate of drug-likeness (QED) is 0.676. The predicted molar refractivity (Wildman–Crippen MR) is 105 cm³/mol. The summed E-state index contributed by atoms with van der Waals surface area (Å²) < 4.78 is 5.34. The van der Waals surface area contributed by atoms with Crippen molar-refractivity contribution in [1.29, 1.82) is 0 Å². The Bertz CT molecular complexity index is 844. The molecule has 1 saturated heterocycles. The zero-order chi connectivity index (χ0) is 18.0. The van der Waals surface area contributed by atoms with E-state index in [0.717, 1.165) is 11.3 Å². The fourth-order valence-corrected chi connectivity index (χ4v) is 2.89. The maximum Gasteiger partial charge on any atom is 0.281 e. The number of amides is 1. The lowest BCUT2D eigenvalue weighted by Gasteiger charge is -2.17. The van der Waals surface area contributed by atoms with E-state index in [0.29, 0.717) is 22.2 Å². The first-order valence-corrected chi connectivity index (χ1v) is 8.19. The van der Waals surface area contributed by atoms with E-state index in [1.54, 1.807) is 25.3 Å². The summed E-state index contributed by atoms with van der Waals surface area (Å²) in [7, 11) is 5.54. The van der Waals surface area contributed by atoms with E-state index in [1.165, 1.54) is 4.90 Å². The zero-order valence-corrected chi connectivity index (χ0v) is 15.1. The molecule has 0 saturated carbocycles. The van der Waals surface area contributed by atoms with E-state index in [4.69, 9.17) is 17.0 Å². The van der Waals surface area contributed by atoms with Crippen molar-refractivity contribution >= 4 is 40.7 Å². The number of hydrogen-bond acceptors (Lipinski definition) is 4. The highest BCUT2D eigenvalue weighted by molar-refractivity contribution is 7.80. The lowest BCUT2D eigenvalue weighted by atomic mass is 10.1. The molecule has 2 aromatic carbocycles. The van der Waals surface area contributed by atoms with Gasteiger partial charge < -0.3 is 15.0 Å². The van der Waals surface area contributed by atoms with Crippen molar-refractivity contribution in [3.05, 3.63) is 59.8 Å². The maximum atomic E-state index is 12.8. The van der Waals surface area contributed by atoms with Gasteiger partial charge in [0.15, 0.2) is 5.11 Å². The molecule has 2 aromatic rings. The van der Waals surface area contributed by atoms with E-state index >= 15 is 0 Å². The monoisotopic (exact) mass is 353 g/mol. The molecule has 0 aliphatic carbocycles. The molecule has 0 atom stereocenters. The Balaban J connectivity index is 1.90. The van der Waals surface area contributed by atoms with Gasteiger partial charge in [-0.05, 0) is 48.1 Å². The van der Waals surface area contributed by atoms with Crippen LogP contribution in [0.1, 0.15) is 5.56 Å². The number of ether oxygens (including phenoxy) is 1. The van der Waals surface area contributed by atoms with Crippen LogP contribution in [0.4, 0.5) is 11.4 Å². The van der Waals surface area contributed by atoms with E-state index < -0.39 is 0 Å². The molecular formula is C19H19N3O2S. The zero-order valence-electron chi connectivity index (χ0n) is 14.3. The molecule has 0 spiro atoms. The number of carbonyl (C=O) groups excluding carboxylic acids is 1. The summed E-state index contributed by atoms with van der Waals surface area (Å²) >= 11 is 5.35. The number of rotatable bonds is 4. The van der Waals surface area contributed by atoms with Crippen molar-refractivity contribution < 1.29 is 9.53 Å². The van der Waals surface area contributed by atoms with Crippen LogP contribution in [0.25, 0.3) is 6.08 Å². The van der Waals surface area contributed by atoms with Crippen molar-refractivity contribution in [2.24, 2.45) is 0 Å². The van der Waals surface area contributed by atoms with E-state index in [9.17, 15) is 4.79 Å². The van der Waals surface area contributed by atoms with E-state index in [2.05, 4.69) is 5.32 Å². The summed E-state index contributed by atoms with van der Waals surface area (Å²) in [6, 6.07) is 15.2. The highest BCUT2D eigenvalue weighted by atomic mass is 32.1. The van der Waals surface area contributed by atoms with Gasteiger partial charge in [-0.15, -0.1) is 0 Å². The number of carbonyl (C=O) groups is 1. The van der Waals surface area contributed by atoms with Crippen LogP contribution in [0.3, 0.4) is 0 Å². The SMILES string of the molecule is COc1ccccc1N1C(=O)/C(=C\c2ccc(N(C)C)cc2)NC1=S. The van der Waals surface area contributed by atoms with Crippen molar-refractivity contribution in [2.45, 2.75) is 0 Å². The molecule has 0 radical (unpaired) electrons. The predicted octanol–water partition coefficient (Wildman–Crippen LogP) is 3.02. The Morgan fingerprint density at radius 3 is 2.44 bits per heavy atom. The lowest BCUT2D eigenvalue weighted by molar-refractivity contribution is -0.113. The summed E-state index contributed by atoms with van der Waals surface area (Å²) in [5.41, 5.74) is 3.08. The summed E-state index contributed by atoms with van der Waals surface area (Å²) in [6.45, 7) is 0. The molecule has 1 aliphatic rings. The Labute approximate surface area is 152 Å². The molecule has 3 rings (SSSR count). The molecule has 1 N–H and O–H groups in total. The fourth-order valence-electron chi connectivity index (χ4n) is 2.60. The third-order valence-electron chi connectivity index (χ3n) is 3.92. The van der Waals surface area contributed by atoms with Gasteiger partial charge in [0.25, 0.3) is 5.91 Å². The molecule has 1 heterocycles. The number of anilines is 2. The van der Waals surface area contributed by atoms with E-state index in [1.807, 2.05) is 55.4 Å². The molecule has 0 unspecified atom stereocenters.